The van der Waals surface area contributed by atoms with E-state index in [9.17, 15) is 20.8 Å². The largest absolute Gasteiger partial charge is 0.711 e. The molecule has 0 spiro atoms. The van der Waals surface area contributed by atoms with Crippen LogP contribution in [0.25, 0.3) is 0 Å². The van der Waals surface area contributed by atoms with Crippen LogP contribution in [-0.4, -0.2) is 19.9 Å². The lowest BCUT2D eigenvalue weighted by Gasteiger charge is -2.15. The van der Waals surface area contributed by atoms with Gasteiger partial charge in [-0.05, 0) is 61.1 Å². The molecule has 4 rings (SSSR count). The van der Waals surface area contributed by atoms with Gasteiger partial charge in [0, 0.05) is 11.8 Å². The minimum atomic E-state index is -0.0409. The molecule has 4 aromatic rings. The average molecular weight is 465 g/mol. The summed E-state index contributed by atoms with van der Waals surface area (Å²) in [5.41, 5.74) is 8.09. The van der Waals surface area contributed by atoms with Gasteiger partial charge in [0.25, 0.3) is 12.7 Å². The van der Waals surface area contributed by atoms with Crippen molar-refractivity contribution in [1.29, 1.82) is 0 Å². The van der Waals surface area contributed by atoms with Gasteiger partial charge in [-0.1, -0.05) is 59.7 Å². The first-order valence-corrected chi connectivity index (χ1v) is 11.1. The van der Waals surface area contributed by atoms with Crippen LogP contribution < -0.4 is 9.46 Å². The Morgan fingerprint density at radius 1 is 0.676 bits per heavy atom. The number of aromatic nitrogens is 4. The van der Waals surface area contributed by atoms with Crippen molar-refractivity contribution in [2.75, 3.05) is 0 Å². The second kappa shape index (κ2) is 9.91. The van der Waals surface area contributed by atoms with E-state index in [4.69, 9.17) is 0 Å². The van der Waals surface area contributed by atoms with E-state index < -0.39 is 0 Å². The highest BCUT2D eigenvalue weighted by molar-refractivity contribution is 5.39. The monoisotopic (exact) mass is 464 g/mol. The zero-order valence-electron chi connectivity index (χ0n) is 20.4. The Morgan fingerprint density at radius 2 is 1.03 bits per heavy atom. The number of benzene rings is 2. The maximum Gasteiger partial charge on any atom is 0.287 e. The molecule has 180 valence electrons. The Bertz CT molecular complexity index is 1190. The van der Waals surface area contributed by atoms with Gasteiger partial charge >= 0.3 is 0 Å². The van der Waals surface area contributed by atoms with E-state index in [-0.39, 0.29) is 11.8 Å². The molecule has 8 nitrogen and oxygen atoms in total. The fraction of sp³-hybridized carbons (Fsp3) is 0.308. The molecule has 0 radical (unpaired) electrons. The molecule has 2 N–H and O–H groups in total. The molecule has 2 aromatic carbocycles. The van der Waals surface area contributed by atoms with Gasteiger partial charge in [-0.15, -0.1) is 0 Å². The number of aryl methyl sites for hydroxylation is 2. The van der Waals surface area contributed by atoms with E-state index in [1.54, 1.807) is 0 Å². The van der Waals surface area contributed by atoms with Crippen LogP contribution in [0.5, 0.6) is 0 Å². The molecular formula is C26H32N4O4. The van der Waals surface area contributed by atoms with Crippen molar-refractivity contribution in [3.8, 4) is 0 Å². The highest BCUT2D eigenvalue weighted by atomic mass is 16.5. The molecule has 0 amide bonds. The standard InChI is InChI=1S/2C13H16N2O2/c2*1-9-5-4-6-12(10(9)2)11(3)13-7-14(16)8-15(13)17/h2*4-8,11,16H,1-3H3. The lowest BCUT2D eigenvalue weighted by Crippen LogP contribution is -2.29. The highest BCUT2D eigenvalue weighted by Crippen LogP contribution is 2.27. The third-order valence-electron chi connectivity index (χ3n) is 6.60. The summed E-state index contributed by atoms with van der Waals surface area (Å²) in [5.74, 6) is -0.0819. The molecule has 0 aliphatic heterocycles. The van der Waals surface area contributed by atoms with E-state index in [0.29, 0.717) is 20.8 Å². The highest BCUT2D eigenvalue weighted by Gasteiger charge is 2.21. The minimum absolute atomic E-state index is 0.0409. The van der Waals surface area contributed by atoms with E-state index >= 15 is 0 Å². The summed E-state index contributed by atoms with van der Waals surface area (Å²) in [4.78, 5) is 0. The van der Waals surface area contributed by atoms with Gasteiger partial charge in [0.2, 0.25) is 0 Å². The van der Waals surface area contributed by atoms with Crippen LogP contribution in [0, 0.1) is 38.1 Å². The normalized spacial score (nSPS) is 12.6. The van der Waals surface area contributed by atoms with Crippen molar-refractivity contribution in [2.45, 2.75) is 53.4 Å². The Labute approximate surface area is 199 Å². The summed E-state index contributed by atoms with van der Waals surface area (Å²) in [6.07, 6.45) is 5.10. The second-order valence-corrected chi connectivity index (χ2v) is 8.77. The number of nitrogens with zero attached hydrogens (tertiary/aromatic N) is 4. The average Bonchev–Trinajstić information content (AvgIpc) is 3.31. The first-order chi connectivity index (χ1) is 16.0. The molecule has 2 atom stereocenters. The SMILES string of the molecule is Cc1cccc(C(C)c2cn(O)c[n+]2[O-])c1C.Cc1cccc(C(C)c2cn(O)c[n+]2[O-])c1C. The van der Waals surface area contributed by atoms with Crippen LogP contribution in [-0.2, 0) is 0 Å². The van der Waals surface area contributed by atoms with Gasteiger partial charge in [0.15, 0.2) is 23.8 Å². The third kappa shape index (κ3) is 5.01. The van der Waals surface area contributed by atoms with E-state index in [0.717, 1.165) is 33.2 Å². The van der Waals surface area contributed by atoms with Crippen molar-refractivity contribution < 1.29 is 19.9 Å². The molecule has 0 bridgehead atoms. The molecule has 34 heavy (non-hydrogen) atoms. The van der Waals surface area contributed by atoms with E-state index in [2.05, 4.69) is 0 Å². The van der Waals surface area contributed by atoms with Crippen LogP contribution in [0.4, 0.5) is 0 Å². The zero-order valence-corrected chi connectivity index (χ0v) is 20.4. The number of hydrogen-bond acceptors (Lipinski definition) is 4. The minimum Gasteiger partial charge on any atom is -0.711 e. The Balaban J connectivity index is 0.000000191. The molecule has 2 aromatic heterocycles. The lowest BCUT2D eigenvalue weighted by atomic mass is 9.92. The zero-order chi connectivity index (χ0) is 25.2. The van der Waals surface area contributed by atoms with Gasteiger partial charge in [-0.2, -0.15) is 0 Å². The summed E-state index contributed by atoms with van der Waals surface area (Å²) in [7, 11) is 0. The van der Waals surface area contributed by atoms with Gasteiger partial charge in [-0.3, -0.25) is 0 Å². The first-order valence-electron chi connectivity index (χ1n) is 11.1. The molecular weight excluding hydrogens is 432 g/mol. The summed E-state index contributed by atoms with van der Waals surface area (Å²) in [6.45, 7) is 12.1. The van der Waals surface area contributed by atoms with Crippen molar-refractivity contribution in [1.82, 2.24) is 9.46 Å². The van der Waals surface area contributed by atoms with Crippen molar-refractivity contribution in [3.63, 3.8) is 0 Å². The fourth-order valence-corrected chi connectivity index (χ4v) is 4.21. The lowest BCUT2D eigenvalue weighted by molar-refractivity contribution is -0.615. The maximum absolute atomic E-state index is 11.6. The number of imidazole rings is 2. The number of hydrogen-bond donors (Lipinski definition) is 2. The molecule has 0 saturated carbocycles. The van der Waals surface area contributed by atoms with E-state index in [1.807, 2.05) is 77.9 Å². The van der Waals surface area contributed by atoms with Gasteiger partial charge in [0.1, 0.15) is 0 Å². The maximum atomic E-state index is 11.6. The summed E-state index contributed by atoms with van der Waals surface area (Å²) in [5, 5.41) is 41.7. The quantitative estimate of drug-likeness (QED) is 0.268. The van der Waals surface area contributed by atoms with Crippen LogP contribution >= 0.6 is 0 Å². The van der Waals surface area contributed by atoms with E-state index in [1.165, 1.54) is 34.6 Å². The van der Waals surface area contributed by atoms with Gasteiger partial charge in [0.05, 0.1) is 0 Å². The topological polar surface area (TPSA) is 104 Å². The molecule has 0 aliphatic carbocycles. The predicted molar refractivity (Wildman–Crippen MR) is 128 cm³/mol. The first kappa shape index (κ1) is 24.7. The molecule has 0 aliphatic rings. The third-order valence-corrected chi connectivity index (χ3v) is 6.60. The predicted octanol–water partition coefficient (Wildman–Crippen LogP) is 4.25. The van der Waals surface area contributed by atoms with Crippen LogP contribution in [0.15, 0.2) is 61.4 Å². The van der Waals surface area contributed by atoms with Crippen LogP contribution in [0.1, 0.15) is 70.5 Å². The molecule has 0 fully saturated rings. The molecule has 2 heterocycles. The smallest absolute Gasteiger partial charge is 0.287 e. The van der Waals surface area contributed by atoms with Crippen molar-refractivity contribution in [3.05, 3.63) is 117 Å². The summed E-state index contributed by atoms with van der Waals surface area (Å²) >= 11 is 0. The van der Waals surface area contributed by atoms with Crippen molar-refractivity contribution in [2.24, 2.45) is 0 Å². The van der Waals surface area contributed by atoms with Crippen LogP contribution in [0.2, 0.25) is 0 Å². The Hall–Kier alpha value is -3.94. The number of rotatable bonds is 4. The summed E-state index contributed by atoms with van der Waals surface area (Å²) in [6, 6.07) is 12.1. The van der Waals surface area contributed by atoms with Gasteiger partial charge in [-0.25, -0.2) is 9.46 Å². The fourth-order valence-electron chi connectivity index (χ4n) is 4.21. The second-order valence-electron chi connectivity index (χ2n) is 8.77. The Morgan fingerprint density at radius 3 is 1.32 bits per heavy atom. The van der Waals surface area contributed by atoms with Gasteiger partial charge < -0.3 is 20.8 Å². The molecule has 8 heteroatoms. The Kier molecular flexibility index (Phi) is 7.20. The summed E-state index contributed by atoms with van der Waals surface area (Å²) < 4.78 is 2.99. The van der Waals surface area contributed by atoms with Crippen molar-refractivity contribution >= 4 is 0 Å². The molecule has 0 saturated heterocycles. The van der Waals surface area contributed by atoms with Crippen LogP contribution in [0.3, 0.4) is 0 Å². The molecule has 2 unspecified atom stereocenters.